The summed E-state index contributed by atoms with van der Waals surface area (Å²) in [6.07, 6.45) is -7.62. The molecule has 0 spiro atoms. The van der Waals surface area contributed by atoms with Crippen molar-refractivity contribution >= 4 is 11.0 Å². The molecular weight excluding hydrogens is 520 g/mol. The number of hydrogen-bond donors (Lipinski definition) is 7. The van der Waals surface area contributed by atoms with Crippen LogP contribution in [0.2, 0.25) is 0 Å². The molecule has 0 amide bonds. The van der Waals surface area contributed by atoms with E-state index in [1.165, 1.54) is 43.5 Å². The van der Waals surface area contributed by atoms with E-state index in [9.17, 15) is 35.7 Å². The van der Waals surface area contributed by atoms with Crippen molar-refractivity contribution in [2.75, 3.05) is 13.7 Å². The number of aliphatic hydroxyl groups excluding tert-OH is 4. The van der Waals surface area contributed by atoms with Crippen molar-refractivity contribution in [2.45, 2.75) is 30.7 Å². The van der Waals surface area contributed by atoms with Crippen LogP contribution in [-0.4, -0.2) is 80.2 Å². The Hall–Kier alpha value is -2.87. The molecule has 1 aliphatic heterocycles. The van der Waals surface area contributed by atoms with E-state index in [2.05, 4.69) is 0 Å². The predicted molar refractivity (Wildman–Crippen MR) is 112 cm³/mol. The molecule has 1 aromatic heterocycles. The SMILES string of the molecule is COc1cc(O)cc2[o+]c(-c3ccc(O)c(O)c3)c(O[C@@H]3O[C@H](CO)[C@H](O)[C@H](O)[C@H]3O)cc12.[Br-]. The first kappa shape index (κ1) is 25.7. The van der Waals surface area contributed by atoms with Gasteiger partial charge in [0.25, 0.3) is 0 Å². The second kappa shape index (κ2) is 10.2. The summed E-state index contributed by atoms with van der Waals surface area (Å²) in [4.78, 5) is 0. The van der Waals surface area contributed by atoms with Gasteiger partial charge in [-0.15, -0.1) is 0 Å². The van der Waals surface area contributed by atoms with E-state index in [1.807, 2.05) is 0 Å². The number of halogens is 1. The molecule has 0 radical (unpaired) electrons. The Morgan fingerprint density at radius 3 is 2.29 bits per heavy atom. The number of aromatic hydroxyl groups is 3. The molecule has 3 aromatic rings. The maximum Gasteiger partial charge on any atom is 0.402 e. The van der Waals surface area contributed by atoms with Gasteiger partial charge in [0.15, 0.2) is 11.5 Å². The fourth-order valence-corrected chi connectivity index (χ4v) is 3.58. The number of fused-ring (bicyclic) bond motifs is 1. The summed E-state index contributed by atoms with van der Waals surface area (Å²) in [5.74, 6) is -0.702. The Kier molecular flexibility index (Phi) is 7.70. The molecule has 184 valence electrons. The highest BCUT2D eigenvalue weighted by Crippen LogP contribution is 2.42. The van der Waals surface area contributed by atoms with Gasteiger partial charge < -0.3 is 66.9 Å². The van der Waals surface area contributed by atoms with E-state index in [1.54, 1.807) is 0 Å². The Morgan fingerprint density at radius 2 is 1.65 bits per heavy atom. The third kappa shape index (κ3) is 4.69. The van der Waals surface area contributed by atoms with Gasteiger partial charge in [0.05, 0.1) is 25.3 Å². The van der Waals surface area contributed by atoms with Gasteiger partial charge in [-0.2, -0.15) is 0 Å². The topological polar surface area (TPSA) is 181 Å². The van der Waals surface area contributed by atoms with Crippen LogP contribution in [0.4, 0.5) is 0 Å². The third-order valence-electron chi connectivity index (χ3n) is 5.35. The normalized spacial score (nSPS) is 24.4. The summed E-state index contributed by atoms with van der Waals surface area (Å²) >= 11 is 0. The highest BCUT2D eigenvalue weighted by molar-refractivity contribution is 5.89. The van der Waals surface area contributed by atoms with Gasteiger partial charge in [0.2, 0.25) is 12.0 Å². The lowest BCUT2D eigenvalue weighted by Gasteiger charge is -2.39. The third-order valence-corrected chi connectivity index (χ3v) is 5.35. The zero-order chi connectivity index (χ0) is 23.9. The average molecular weight is 543 g/mol. The lowest BCUT2D eigenvalue weighted by molar-refractivity contribution is -0.277. The van der Waals surface area contributed by atoms with Crippen molar-refractivity contribution in [1.29, 1.82) is 0 Å². The Labute approximate surface area is 203 Å². The maximum absolute atomic E-state index is 10.4. The summed E-state index contributed by atoms with van der Waals surface area (Å²) < 4.78 is 22.4. The highest BCUT2D eigenvalue weighted by Gasteiger charge is 2.45. The van der Waals surface area contributed by atoms with Crippen LogP contribution in [0, 0.1) is 0 Å². The molecule has 11 nitrogen and oxygen atoms in total. The lowest BCUT2D eigenvalue weighted by Crippen LogP contribution is -3.00. The molecule has 4 rings (SSSR count). The molecule has 34 heavy (non-hydrogen) atoms. The number of methoxy groups -OCH3 is 1. The van der Waals surface area contributed by atoms with Gasteiger partial charge in [0, 0.05) is 18.2 Å². The van der Waals surface area contributed by atoms with Gasteiger partial charge in [-0.3, -0.25) is 0 Å². The number of phenols is 3. The number of phenolic OH excluding ortho intramolecular Hbond substituents is 3. The van der Waals surface area contributed by atoms with E-state index >= 15 is 0 Å². The summed E-state index contributed by atoms with van der Waals surface area (Å²) in [6, 6.07) is 8.02. The van der Waals surface area contributed by atoms with E-state index in [4.69, 9.17) is 18.6 Å². The second-order valence-electron chi connectivity index (χ2n) is 7.52. The largest absolute Gasteiger partial charge is 1.00 e. The molecule has 1 aliphatic rings. The number of hydrogen-bond acceptors (Lipinski definition) is 10. The van der Waals surface area contributed by atoms with Crippen molar-refractivity contribution in [3.8, 4) is 40.1 Å². The second-order valence-corrected chi connectivity index (χ2v) is 7.52. The fourth-order valence-electron chi connectivity index (χ4n) is 3.58. The van der Waals surface area contributed by atoms with Crippen LogP contribution in [0.1, 0.15) is 0 Å². The minimum atomic E-state index is -1.68. The Balaban J connectivity index is 0.00000324. The molecule has 7 N–H and O–H groups in total. The number of ether oxygens (including phenoxy) is 3. The van der Waals surface area contributed by atoms with Crippen LogP contribution in [-0.2, 0) is 4.74 Å². The van der Waals surface area contributed by atoms with Crippen LogP contribution in [0.15, 0.2) is 40.8 Å². The van der Waals surface area contributed by atoms with Crippen LogP contribution in [0.5, 0.6) is 28.7 Å². The van der Waals surface area contributed by atoms with E-state index < -0.39 is 43.1 Å². The van der Waals surface area contributed by atoms with Crippen molar-refractivity contribution in [3.63, 3.8) is 0 Å². The van der Waals surface area contributed by atoms with Crippen molar-refractivity contribution in [3.05, 3.63) is 36.4 Å². The minimum Gasteiger partial charge on any atom is -1.00 e. The van der Waals surface area contributed by atoms with Crippen LogP contribution >= 0.6 is 0 Å². The molecule has 5 atom stereocenters. The van der Waals surface area contributed by atoms with Crippen LogP contribution < -0.4 is 26.5 Å². The quantitative estimate of drug-likeness (QED) is 0.136. The molecule has 0 bridgehead atoms. The first-order valence-electron chi connectivity index (χ1n) is 9.91. The van der Waals surface area contributed by atoms with Gasteiger partial charge in [0.1, 0.15) is 41.3 Å². The molecule has 0 unspecified atom stereocenters. The van der Waals surface area contributed by atoms with Crippen LogP contribution in [0.3, 0.4) is 0 Å². The van der Waals surface area contributed by atoms with Crippen molar-refractivity contribution in [2.24, 2.45) is 0 Å². The number of aliphatic hydroxyl groups is 4. The minimum absolute atomic E-state index is 0. The van der Waals surface area contributed by atoms with Gasteiger partial charge >= 0.3 is 11.3 Å². The summed E-state index contributed by atoms with van der Waals surface area (Å²) in [5, 5.41) is 69.8. The average Bonchev–Trinajstić information content (AvgIpc) is 2.80. The molecular formula is C22H23BrO11. The molecule has 12 heteroatoms. The van der Waals surface area contributed by atoms with Crippen LogP contribution in [0.25, 0.3) is 22.3 Å². The summed E-state index contributed by atoms with van der Waals surface area (Å²) in [6.45, 7) is -0.640. The number of benzene rings is 2. The van der Waals surface area contributed by atoms with E-state index in [-0.39, 0.29) is 56.9 Å². The monoisotopic (exact) mass is 542 g/mol. The Bertz CT molecular complexity index is 1170. The lowest BCUT2D eigenvalue weighted by atomic mass is 9.99. The first-order chi connectivity index (χ1) is 15.7. The zero-order valence-electron chi connectivity index (χ0n) is 17.7. The maximum atomic E-state index is 10.4. The predicted octanol–water partition coefficient (Wildman–Crippen LogP) is -2.31. The zero-order valence-corrected chi connectivity index (χ0v) is 19.3. The smallest absolute Gasteiger partial charge is 0.402 e. The van der Waals surface area contributed by atoms with Gasteiger partial charge in [-0.05, 0) is 12.1 Å². The first-order valence-corrected chi connectivity index (χ1v) is 9.91. The van der Waals surface area contributed by atoms with Gasteiger partial charge in [-0.25, -0.2) is 4.42 Å². The summed E-state index contributed by atoms with van der Waals surface area (Å²) in [7, 11) is 1.39. The van der Waals surface area contributed by atoms with Crippen molar-refractivity contribution < 1.29 is 71.4 Å². The molecule has 0 saturated carbocycles. The van der Waals surface area contributed by atoms with E-state index in [0.29, 0.717) is 5.39 Å². The Morgan fingerprint density at radius 1 is 0.912 bits per heavy atom. The van der Waals surface area contributed by atoms with Gasteiger partial charge in [-0.1, -0.05) is 0 Å². The fraction of sp³-hybridized carbons (Fsp3) is 0.318. The van der Waals surface area contributed by atoms with E-state index in [0.717, 1.165) is 0 Å². The molecule has 0 aliphatic carbocycles. The standard InChI is InChI=1S/C22H22O11.BrH/c1-30-14-5-10(24)6-15-11(14)7-16(21(31-15)9-2-3-12(25)13(26)4-9)32-22-20(29)19(28)18(27)17(8-23)33-22;/h2-7,17-20,22-23,27-29H,8H2,1H3,(H2-,24,25,26);1H/t17-,18+,19+,20-,22-;/m1./s1. The highest BCUT2D eigenvalue weighted by atomic mass is 79.9. The number of rotatable bonds is 5. The molecule has 1 saturated heterocycles. The summed E-state index contributed by atoms with van der Waals surface area (Å²) in [5.41, 5.74) is 0.449. The molecule has 2 heterocycles. The van der Waals surface area contributed by atoms with Crippen molar-refractivity contribution in [1.82, 2.24) is 0 Å². The molecule has 2 aromatic carbocycles. The molecule has 1 fully saturated rings.